The van der Waals surface area contributed by atoms with Gasteiger partial charge in [0.1, 0.15) is 5.56 Å². The van der Waals surface area contributed by atoms with Gasteiger partial charge in [-0.25, -0.2) is 8.78 Å². The van der Waals surface area contributed by atoms with Gasteiger partial charge in [0.2, 0.25) is 0 Å². The summed E-state index contributed by atoms with van der Waals surface area (Å²) in [5.41, 5.74) is 1.22. The number of hydrogen-bond acceptors (Lipinski definition) is 3. The second-order valence-electron chi connectivity index (χ2n) is 5.01. The number of carbonyl (C=O) groups is 1. The summed E-state index contributed by atoms with van der Waals surface area (Å²) in [5.74, 6) is -2.38. The van der Waals surface area contributed by atoms with Gasteiger partial charge in [-0.3, -0.25) is 4.79 Å². The van der Waals surface area contributed by atoms with Crippen molar-refractivity contribution in [2.45, 2.75) is 6.54 Å². The molecule has 0 saturated heterocycles. The van der Waals surface area contributed by atoms with Crippen LogP contribution in [0.4, 0.5) is 8.78 Å². The van der Waals surface area contributed by atoms with Crippen LogP contribution in [-0.4, -0.2) is 11.1 Å². The van der Waals surface area contributed by atoms with E-state index in [2.05, 4.69) is 10.5 Å². The maximum Gasteiger partial charge on any atom is 0.257 e. The molecule has 122 valence electrons. The van der Waals surface area contributed by atoms with E-state index in [1.807, 2.05) is 0 Å². The van der Waals surface area contributed by atoms with Gasteiger partial charge in [0.15, 0.2) is 17.4 Å². The Morgan fingerprint density at radius 2 is 1.88 bits per heavy atom. The standard InChI is InChI=1S/C17H11ClF2N2O2/c18-12-4-1-10(2-5-12)8-21-17(23)13-9-22-24-16(13)11-3-6-14(19)15(20)7-11/h1-7,9H,8H2,(H,21,23). The van der Waals surface area contributed by atoms with Crippen LogP contribution in [0.15, 0.2) is 53.2 Å². The van der Waals surface area contributed by atoms with Gasteiger partial charge in [-0.05, 0) is 35.9 Å². The van der Waals surface area contributed by atoms with Gasteiger partial charge < -0.3 is 9.84 Å². The number of rotatable bonds is 4. The maximum absolute atomic E-state index is 13.4. The Labute approximate surface area is 141 Å². The normalized spacial score (nSPS) is 10.6. The molecule has 0 saturated carbocycles. The zero-order chi connectivity index (χ0) is 17.1. The molecule has 1 N–H and O–H groups in total. The van der Waals surface area contributed by atoms with Gasteiger partial charge >= 0.3 is 0 Å². The van der Waals surface area contributed by atoms with Crippen LogP contribution in [0.2, 0.25) is 5.02 Å². The van der Waals surface area contributed by atoms with Crippen molar-refractivity contribution in [3.8, 4) is 11.3 Å². The summed E-state index contributed by atoms with van der Waals surface area (Å²) >= 11 is 5.80. The van der Waals surface area contributed by atoms with E-state index in [9.17, 15) is 13.6 Å². The fourth-order valence-electron chi connectivity index (χ4n) is 2.13. The zero-order valence-electron chi connectivity index (χ0n) is 12.2. The zero-order valence-corrected chi connectivity index (χ0v) is 13.0. The summed E-state index contributed by atoms with van der Waals surface area (Å²) in [6, 6.07) is 10.2. The van der Waals surface area contributed by atoms with Crippen LogP contribution < -0.4 is 5.32 Å². The quantitative estimate of drug-likeness (QED) is 0.768. The molecule has 2 aromatic carbocycles. The van der Waals surface area contributed by atoms with Gasteiger partial charge in [0.25, 0.3) is 5.91 Å². The molecule has 7 heteroatoms. The third-order valence-electron chi connectivity index (χ3n) is 3.36. The van der Waals surface area contributed by atoms with Gasteiger partial charge in [-0.15, -0.1) is 0 Å². The van der Waals surface area contributed by atoms with E-state index in [-0.39, 0.29) is 23.4 Å². The molecule has 0 aliphatic rings. The topological polar surface area (TPSA) is 55.1 Å². The molecular formula is C17H11ClF2N2O2. The van der Waals surface area contributed by atoms with Crippen molar-refractivity contribution in [3.05, 3.63) is 76.4 Å². The SMILES string of the molecule is O=C(NCc1ccc(Cl)cc1)c1cnoc1-c1ccc(F)c(F)c1. The number of nitrogens with zero attached hydrogens (tertiary/aromatic N) is 1. The molecule has 4 nitrogen and oxygen atoms in total. The minimum absolute atomic E-state index is 0.0718. The minimum Gasteiger partial charge on any atom is -0.355 e. The van der Waals surface area contributed by atoms with E-state index in [0.29, 0.717) is 5.02 Å². The number of carbonyl (C=O) groups excluding carboxylic acids is 1. The average Bonchev–Trinajstić information content (AvgIpc) is 3.06. The fourth-order valence-corrected chi connectivity index (χ4v) is 2.25. The van der Waals surface area contributed by atoms with E-state index in [1.165, 1.54) is 12.3 Å². The van der Waals surface area contributed by atoms with E-state index in [4.69, 9.17) is 16.1 Å². The van der Waals surface area contributed by atoms with Crippen LogP contribution in [0.5, 0.6) is 0 Å². The first-order valence-electron chi connectivity index (χ1n) is 6.97. The van der Waals surface area contributed by atoms with Crippen LogP contribution in [0.3, 0.4) is 0 Å². The van der Waals surface area contributed by atoms with Crippen molar-refractivity contribution in [2.24, 2.45) is 0 Å². The first-order chi connectivity index (χ1) is 11.5. The molecule has 0 unspecified atom stereocenters. The van der Waals surface area contributed by atoms with Crippen molar-refractivity contribution in [1.29, 1.82) is 0 Å². The number of aromatic nitrogens is 1. The van der Waals surface area contributed by atoms with Crippen molar-refractivity contribution < 1.29 is 18.1 Å². The smallest absolute Gasteiger partial charge is 0.257 e. The van der Waals surface area contributed by atoms with Crippen LogP contribution in [0, 0.1) is 11.6 Å². The van der Waals surface area contributed by atoms with Gasteiger partial charge in [0, 0.05) is 17.1 Å². The minimum atomic E-state index is -1.03. The predicted octanol–water partition coefficient (Wildman–Crippen LogP) is 4.20. The average molecular weight is 349 g/mol. The van der Waals surface area contributed by atoms with Crippen molar-refractivity contribution >= 4 is 17.5 Å². The molecule has 24 heavy (non-hydrogen) atoms. The van der Waals surface area contributed by atoms with Crippen molar-refractivity contribution in [1.82, 2.24) is 10.5 Å². The molecule has 0 aliphatic carbocycles. The molecule has 0 bridgehead atoms. The molecule has 0 radical (unpaired) electrons. The Kier molecular flexibility index (Phi) is 4.57. The first kappa shape index (κ1) is 16.1. The third-order valence-corrected chi connectivity index (χ3v) is 3.62. The van der Waals surface area contributed by atoms with Crippen LogP contribution >= 0.6 is 11.6 Å². The largest absolute Gasteiger partial charge is 0.355 e. The van der Waals surface area contributed by atoms with Crippen LogP contribution in [0.25, 0.3) is 11.3 Å². The van der Waals surface area contributed by atoms with Gasteiger partial charge in [0.05, 0.1) is 6.20 Å². The highest BCUT2D eigenvalue weighted by Crippen LogP contribution is 2.25. The van der Waals surface area contributed by atoms with Crippen LogP contribution in [0.1, 0.15) is 15.9 Å². The lowest BCUT2D eigenvalue weighted by Crippen LogP contribution is -2.22. The lowest BCUT2D eigenvalue weighted by atomic mass is 10.1. The third kappa shape index (κ3) is 3.44. The van der Waals surface area contributed by atoms with E-state index in [1.54, 1.807) is 24.3 Å². The molecule has 0 spiro atoms. The highest BCUT2D eigenvalue weighted by molar-refractivity contribution is 6.30. The summed E-state index contributed by atoms with van der Waals surface area (Å²) in [4.78, 5) is 12.3. The number of benzene rings is 2. The molecule has 1 heterocycles. The lowest BCUT2D eigenvalue weighted by molar-refractivity contribution is 0.0951. The summed E-state index contributed by atoms with van der Waals surface area (Å²) in [6.07, 6.45) is 1.23. The Bertz CT molecular complexity index is 879. The van der Waals surface area contributed by atoms with Crippen LogP contribution in [-0.2, 0) is 6.54 Å². The fraction of sp³-hybridized carbons (Fsp3) is 0.0588. The Hall–Kier alpha value is -2.73. The Balaban J connectivity index is 1.77. The number of hydrogen-bond donors (Lipinski definition) is 1. The van der Waals surface area contributed by atoms with Gasteiger partial charge in [-0.2, -0.15) is 0 Å². The monoisotopic (exact) mass is 348 g/mol. The van der Waals surface area contributed by atoms with E-state index < -0.39 is 17.5 Å². The predicted molar refractivity (Wildman–Crippen MR) is 84.5 cm³/mol. The molecule has 1 amide bonds. The second kappa shape index (κ2) is 6.80. The molecule has 0 fully saturated rings. The molecule has 3 aromatic rings. The van der Waals surface area contributed by atoms with E-state index in [0.717, 1.165) is 17.7 Å². The van der Waals surface area contributed by atoms with Gasteiger partial charge in [-0.1, -0.05) is 28.9 Å². The van der Waals surface area contributed by atoms with Crippen molar-refractivity contribution in [3.63, 3.8) is 0 Å². The number of nitrogens with one attached hydrogen (secondary N) is 1. The van der Waals surface area contributed by atoms with E-state index >= 15 is 0 Å². The summed E-state index contributed by atoms with van der Waals surface area (Å²) < 4.78 is 31.4. The highest BCUT2D eigenvalue weighted by atomic mass is 35.5. The molecule has 0 atom stereocenters. The summed E-state index contributed by atoms with van der Waals surface area (Å²) in [7, 11) is 0. The molecular weight excluding hydrogens is 338 g/mol. The first-order valence-corrected chi connectivity index (χ1v) is 7.35. The molecule has 3 rings (SSSR count). The Morgan fingerprint density at radius 3 is 2.58 bits per heavy atom. The highest BCUT2D eigenvalue weighted by Gasteiger charge is 2.19. The Morgan fingerprint density at radius 1 is 1.12 bits per heavy atom. The number of amides is 1. The maximum atomic E-state index is 13.4. The molecule has 1 aromatic heterocycles. The summed E-state index contributed by atoms with van der Waals surface area (Å²) in [5, 5.41) is 6.88. The lowest BCUT2D eigenvalue weighted by Gasteiger charge is -2.05. The molecule has 0 aliphatic heterocycles. The second-order valence-corrected chi connectivity index (χ2v) is 5.44. The van der Waals surface area contributed by atoms with Crippen molar-refractivity contribution in [2.75, 3.05) is 0 Å². The summed E-state index contributed by atoms with van der Waals surface area (Å²) in [6.45, 7) is 0.276. The number of halogens is 3.